The van der Waals surface area contributed by atoms with Crippen LogP contribution in [0.2, 0.25) is 0 Å². The van der Waals surface area contributed by atoms with Gasteiger partial charge in [-0.25, -0.2) is 0 Å². The molecule has 2 atom stereocenters. The second-order valence-corrected chi connectivity index (χ2v) is 11.7. The van der Waals surface area contributed by atoms with Crippen molar-refractivity contribution >= 4 is 5.91 Å². The summed E-state index contributed by atoms with van der Waals surface area (Å²) in [6.45, 7) is 14.3. The number of hydrogen-bond donors (Lipinski definition) is 1. The molecule has 198 valence electrons. The summed E-state index contributed by atoms with van der Waals surface area (Å²) in [4.78, 5) is 22.4. The van der Waals surface area contributed by atoms with Gasteiger partial charge in [0.15, 0.2) is 0 Å². The second-order valence-electron chi connectivity index (χ2n) is 11.7. The van der Waals surface area contributed by atoms with Crippen molar-refractivity contribution in [3.63, 3.8) is 0 Å². The maximum absolute atomic E-state index is 12.9. The van der Waals surface area contributed by atoms with Crippen molar-refractivity contribution in [2.45, 2.75) is 90.6 Å². The minimum Gasteiger partial charge on any atom is -0.356 e. The zero-order valence-electron chi connectivity index (χ0n) is 22.8. The normalized spacial score (nSPS) is 22.0. The first kappa shape index (κ1) is 26.8. The van der Waals surface area contributed by atoms with Crippen molar-refractivity contribution in [2.24, 2.45) is 5.92 Å². The summed E-state index contributed by atoms with van der Waals surface area (Å²) in [7, 11) is 0. The lowest BCUT2D eigenvalue weighted by Gasteiger charge is -2.35. The topological polar surface area (TPSA) is 74.5 Å². The number of piperidine rings is 2. The molecule has 0 spiro atoms. The lowest BCUT2D eigenvalue weighted by Crippen LogP contribution is -2.44. The molecule has 1 amide bonds. The van der Waals surface area contributed by atoms with Gasteiger partial charge in [-0.3, -0.25) is 9.69 Å². The van der Waals surface area contributed by atoms with E-state index in [0.29, 0.717) is 18.3 Å². The molecule has 0 saturated carbocycles. The summed E-state index contributed by atoms with van der Waals surface area (Å²) in [5.41, 5.74) is 2.36. The summed E-state index contributed by atoms with van der Waals surface area (Å²) >= 11 is 0. The Morgan fingerprint density at radius 1 is 1.11 bits per heavy atom. The number of nitrogens with one attached hydrogen (secondary N) is 1. The Labute approximate surface area is 217 Å². The highest BCUT2D eigenvalue weighted by Gasteiger charge is 2.27. The van der Waals surface area contributed by atoms with Crippen LogP contribution in [0.15, 0.2) is 28.8 Å². The summed E-state index contributed by atoms with van der Waals surface area (Å²) in [6.07, 6.45) is 8.22. The minimum atomic E-state index is 0.0319. The molecule has 2 aromatic rings. The Morgan fingerprint density at radius 3 is 2.67 bits per heavy atom. The third kappa shape index (κ3) is 7.16. The van der Waals surface area contributed by atoms with E-state index in [-0.39, 0.29) is 17.2 Å². The highest BCUT2D eigenvalue weighted by atomic mass is 16.5. The molecule has 0 radical (unpaired) electrons. The third-order valence-corrected chi connectivity index (χ3v) is 7.85. The van der Waals surface area contributed by atoms with Gasteiger partial charge >= 0.3 is 0 Å². The second kappa shape index (κ2) is 12.3. The van der Waals surface area contributed by atoms with Crippen LogP contribution in [0.3, 0.4) is 0 Å². The van der Waals surface area contributed by atoms with Gasteiger partial charge in [0, 0.05) is 31.2 Å². The van der Waals surface area contributed by atoms with Gasteiger partial charge in [-0.2, -0.15) is 4.98 Å². The number of nitrogens with zero attached hydrogens (tertiary/aromatic N) is 4. The summed E-state index contributed by atoms with van der Waals surface area (Å²) in [5.74, 6) is 1.45. The van der Waals surface area contributed by atoms with Gasteiger partial charge in [0.1, 0.15) is 0 Å². The average molecular weight is 496 g/mol. The number of aromatic nitrogens is 2. The molecule has 1 N–H and O–H groups in total. The van der Waals surface area contributed by atoms with Crippen molar-refractivity contribution in [1.29, 1.82) is 0 Å². The van der Waals surface area contributed by atoms with E-state index in [1.165, 1.54) is 37.8 Å². The first-order valence-electron chi connectivity index (χ1n) is 14.0. The number of amides is 1. The van der Waals surface area contributed by atoms with Crippen molar-refractivity contribution < 1.29 is 9.32 Å². The van der Waals surface area contributed by atoms with Crippen molar-refractivity contribution in [1.82, 2.24) is 25.3 Å². The van der Waals surface area contributed by atoms with Crippen LogP contribution in [0, 0.1) is 5.92 Å². The van der Waals surface area contributed by atoms with E-state index in [2.05, 4.69) is 77.2 Å². The lowest BCUT2D eigenvalue weighted by molar-refractivity contribution is -0.126. The molecule has 2 aliphatic rings. The predicted octanol–water partition coefficient (Wildman–Crippen LogP) is 5.02. The molecule has 4 rings (SSSR count). The third-order valence-electron chi connectivity index (χ3n) is 7.85. The number of benzene rings is 1. The molecule has 2 fully saturated rings. The maximum atomic E-state index is 12.9. The fraction of sp³-hybridized carbons (Fsp3) is 0.690. The highest BCUT2D eigenvalue weighted by molar-refractivity contribution is 5.78. The molecule has 1 aromatic carbocycles. The number of carbonyl (C=O) groups is 1. The Hall–Kier alpha value is -2.25. The zero-order chi connectivity index (χ0) is 25.5. The number of hydrogen-bond acceptors (Lipinski definition) is 6. The van der Waals surface area contributed by atoms with Gasteiger partial charge in [-0.1, -0.05) is 63.5 Å². The van der Waals surface area contributed by atoms with Gasteiger partial charge < -0.3 is 14.7 Å². The van der Waals surface area contributed by atoms with Gasteiger partial charge in [-0.15, -0.1) is 0 Å². The largest absolute Gasteiger partial charge is 0.356 e. The van der Waals surface area contributed by atoms with Gasteiger partial charge in [0.05, 0.1) is 12.5 Å². The van der Waals surface area contributed by atoms with Gasteiger partial charge in [0.25, 0.3) is 0 Å². The smallest absolute Gasteiger partial charge is 0.241 e. The summed E-state index contributed by atoms with van der Waals surface area (Å²) in [6, 6.07) is 9.12. The van der Waals surface area contributed by atoms with Crippen LogP contribution < -0.4 is 5.32 Å². The molecule has 2 saturated heterocycles. The summed E-state index contributed by atoms with van der Waals surface area (Å²) < 4.78 is 5.56. The minimum absolute atomic E-state index is 0.0319. The van der Waals surface area contributed by atoms with Crippen LogP contribution in [0.4, 0.5) is 0 Å². The molecule has 0 aliphatic carbocycles. The van der Waals surface area contributed by atoms with E-state index in [0.717, 1.165) is 57.0 Å². The quantitative estimate of drug-likeness (QED) is 0.493. The molecule has 7 nitrogen and oxygen atoms in total. The monoisotopic (exact) mass is 495 g/mol. The van der Waals surface area contributed by atoms with Crippen LogP contribution in [-0.2, 0) is 16.8 Å². The van der Waals surface area contributed by atoms with Crippen LogP contribution in [-0.4, -0.2) is 64.6 Å². The lowest BCUT2D eigenvalue weighted by atomic mass is 9.87. The molecule has 1 aromatic heterocycles. The van der Waals surface area contributed by atoms with E-state index in [9.17, 15) is 4.79 Å². The van der Waals surface area contributed by atoms with Crippen molar-refractivity contribution in [2.75, 3.05) is 32.7 Å². The Balaban J connectivity index is 1.22. The maximum Gasteiger partial charge on any atom is 0.241 e. The predicted molar refractivity (Wildman–Crippen MR) is 144 cm³/mol. The number of carbonyl (C=O) groups excluding carboxylic acids is 1. The zero-order valence-corrected chi connectivity index (χ0v) is 22.8. The molecule has 2 aliphatic heterocycles. The Morgan fingerprint density at radius 2 is 1.92 bits per heavy atom. The first-order valence-corrected chi connectivity index (χ1v) is 14.0. The van der Waals surface area contributed by atoms with E-state index in [1.807, 2.05) is 0 Å². The standard InChI is InChI=1S/C29H45N5O2/c1-5-25-11-6-7-18-34(25)19-9-16-30-28(35)23-10-8-17-33(20-23)21-26-31-27(32-36-26)22-12-14-24(15-13-22)29(2,3)4/h12-15,23,25H,5-11,16-21H2,1-4H3,(H,30,35). The van der Waals surface area contributed by atoms with E-state index in [4.69, 9.17) is 4.52 Å². The molecule has 3 heterocycles. The number of likely N-dealkylation sites (tertiary alicyclic amines) is 2. The van der Waals surface area contributed by atoms with E-state index >= 15 is 0 Å². The fourth-order valence-electron chi connectivity index (χ4n) is 5.61. The average Bonchev–Trinajstić information content (AvgIpc) is 3.35. The molecule has 7 heteroatoms. The Kier molecular flexibility index (Phi) is 9.18. The molecule has 0 bridgehead atoms. The number of rotatable bonds is 9. The Bertz CT molecular complexity index is 965. The van der Waals surface area contributed by atoms with Gasteiger partial charge in [0.2, 0.25) is 17.6 Å². The van der Waals surface area contributed by atoms with Crippen molar-refractivity contribution in [3.8, 4) is 11.4 Å². The molecule has 36 heavy (non-hydrogen) atoms. The first-order chi connectivity index (χ1) is 17.3. The molecule has 2 unspecified atom stereocenters. The van der Waals surface area contributed by atoms with Crippen LogP contribution in [0.5, 0.6) is 0 Å². The van der Waals surface area contributed by atoms with Crippen LogP contribution in [0.1, 0.15) is 84.1 Å². The molecular formula is C29H45N5O2. The SMILES string of the molecule is CCC1CCCCN1CCCNC(=O)C1CCCN(Cc2nc(-c3ccc(C(C)(C)C)cc3)no2)C1. The van der Waals surface area contributed by atoms with Crippen LogP contribution >= 0.6 is 0 Å². The van der Waals surface area contributed by atoms with Crippen molar-refractivity contribution in [3.05, 3.63) is 35.7 Å². The molecular weight excluding hydrogens is 450 g/mol. The fourth-order valence-corrected chi connectivity index (χ4v) is 5.61. The highest BCUT2D eigenvalue weighted by Crippen LogP contribution is 2.26. The van der Waals surface area contributed by atoms with E-state index in [1.54, 1.807) is 0 Å². The summed E-state index contributed by atoms with van der Waals surface area (Å²) in [5, 5.41) is 7.41. The van der Waals surface area contributed by atoms with Gasteiger partial charge in [-0.05, 0) is 62.6 Å². The van der Waals surface area contributed by atoms with Crippen LogP contribution in [0.25, 0.3) is 11.4 Å². The van der Waals surface area contributed by atoms with E-state index < -0.39 is 0 Å².